The highest BCUT2D eigenvalue weighted by Crippen LogP contribution is 2.30. The van der Waals surface area contributed by atoms with Crippen molar-refractivity contribution in [1.82, 2.24) is 0 Å². The van der Waals surface area contributed by atoms with Crippen molar-refractivity contribution < 1.29 is 8.42 Å². The van der Waals surface area contributed by atoms with Gasteiger partial charge in [-0.25, -0.2) is 8.42 Å². The second kappa shape index (κ2) is 6.22. The highest BCUT2D eigenvalue weighted by Gasteiger charge is 2.21. The molecule has 2 atom stereocenters. The lowest BCUT2D eigenvalue weighted by Crippen LogP contribution is -2.30. The van der Waals surface area contributed by atoms with E-state index in [1.54, 1.807) is 12.1 Å². The maximum atomic E-state index is 11.2. The number of hydrogen-bond donors (Lipinski definition) is 2. The van der Waals surface area contributed by atoms with Gasteiger partial charge in [-0.15, -0.1) is 0 Å². The van der Waals surface area contributed by atoms with Crippen LogP contribution in [0.1, 0.15) is 32.6 Å². The first kappa shape index (κ1) is 15.4. The van der Waals surface area contributed by atoms with Crippen LogP contribution in [0.3, 0.4) is 0 Å². The van der Waals surface area contributed by atoms with E-state index in [0.29, 0.717) is 22.7 Å². The van der Waals surface area contributed by atoms with E-state index < -0.39 is 10.0 Å². The Balaban J connectivity index is 2.08. The van der Waals surface area contributed by atoms with E-state index in [1.807, 2.05) is 6.07 Å². The summed E-state index contributed by atoms with van der Waals surface area (Å²) in [6, 6.07) is 5.80. The number of nitrogens with one attached hydrogen (secondary N) is 2. The summed E-state index contributed by atoms with van der Waals surface area (Å²) in [4.78, 5) is 0. The maximum absolute atomic E-state index is 11.2. The fraction of sp³-hybridized carbons (Fsp3) is 0.571. The molecule has 20 heavy (non-hydrogen) atoms. The second-order valence-corrected chi connectivity index (χ2v) is 7.74. The smallest absolute Gasteiger partial charge is 0.229 e. The van der Waals surface area contributed by atoms with Crippen LogP contribution >= 0.6 is 11.6 Å². The summed E-state index contributed by atoms with van der Waals surface area (Å²) in [6.07, 6.45) is 6.08. The van der Waals surface area contributed by atoms with Crippen LogP contribution < -0.4 is 10.0 Å². The molecule has 0 spiro atoms. The van der Waals surface area contributed by atoms with Crippen molar-refractivity contribution >= 4 is 33.0 Å². The Morgan fingerprint density at radius 1 is 1.25 bits per heavy atom. The van der Waals surface area contributed by atoms with Gasteiger partial charge in [-0.1, -0.05) is 31.4 Å². The molecule has 0 aliphatic heterocycles. The van der Waals surface area contributed by atoms with Gasteiger partial charge in [0.15, 0.2) is 0 Å². The number of anilines is 2. The molecule has 0 amide bonds. The average Bonchev–Trinajstić information content (AvgIpc) is 2.34. The van der Waals surface area contributed by atoms with Crippen molar-refractivity contribution in [1.29, 1.82) is 0 Å². The number of benzene rings is 1. The Morgan fingerprint density at radius 2 is 1.95 bits per heavy atom. The molecule has 1 aliphatic carbocycles. The Morgan fingerprint density at radius 3 is 2.55 bits per heavy atom. The minimum atomic E-state index is -3.30. The minimum Gasteiger partial charge on any atom is -0.382 e. The summed E-state index contributed by atoms with van der Waals surface area (Å²) in [7, 11) is -3.30. The highest BCUT2D eigenvalue weighted by molar-refractivity contribution is 7.92. The topological polar surface area (TPSA) is 58.2 Å². The molecule has 1 fully saturated rings. The van der Waals surface area contributed by atoms with Gasteiger partial charge in [0.25, 0.3) is 0 Å². The van der Waals surface area contributed by atoms with Gasteiger partial charge in [0.05, 0.1) is 17.0 Å². The van der Waals surface area contributed by atoms with Gasteiger partial charge in [0, 0.05) is 11.7 Å². The molecule has 1 aromatic rings. The Hall–Kier alpha value is -0.940. The summed E-state index contributed by atoms with van der Waals surface area (Å²) in [5.41, 5.74) is 1.35. The van der Waals surface area contributed by atoms with Crippen molar-refractivity contribution in [2.75, 3.05) is 16.3 Å². The van der Waals surface area contributed by atoms with Gasteiger partial charge in [-0.05, 0) is 37.0 Å². The molecule has 2 N–H and O–H groups in total. The zero-order valence-electron chi connectivity index (χ0n) is 11.8. The van der Waals surface area contributed by atoms with E-state index in [2.05, 4.69) is 17.0 Å². The molecule has 1 saturated carbocycles. The van der Waals surface area contributed by atoms with Crippen LogP contribution in [0.25, 0.3) is 0 Å². The lowest BCUT2D eigenvalue weighted by atomic mass is 9.86. The molecule has 1 aliphatic rings. The molecule has 0 saturated heterocycles. The number of rotatable bonds is 4. The van der Waals surface area contributed by atoms with Crippen molar-refractivity contribution in [3.63, 3.8) is 0 Å². The third kappa shape index (κ3) is 4.28. The van der Waals surface area contributed by atoms with Gasteiger partial charge in [0.1, 0.15) is 0 Å². The van der Waals surface area contributed by atoms with Crippen molar-refractivity contribution in [3.05, 3.63) is 23.2 Å². The monoisotopic (exact) mass is 316 g/mol. The molecule has 0 aromatic heterocycles. The molecular formula is C14H21ClN2O2S. The molecular weight excluding hydrogens is 296 g/mol. The summed E-state index contributed by atoms with van der Waals surface area (Å²) in [6.45, 7) is 2.26. The van der Waals surface area contributed by atoms with Gasteiger partial charge in [0.2, 0.25) is 10.0 Å². The summed E-state index contributed by atoms with van der Waals surface area (Å²) >= 11 is 6.12. The third-order valence-electron chi connectivity index (χ3n) is 3.73. The second-order valence-electron chi connectivity index (χ2n) is 5.58. The van der Waals surface area contributed by atoms with E-state index in [1.165, 1.54) is 25.7 Å². The van der Waals surface area contributed by atoms with Crippen LogP contribution in [-0.2, 0) is 10.0 Å². The van der Waals surface area contributed by atoms with Crippen molar-refractivity contribution in [2.45, 2.75) is 38.6 Å². The molecule has 2 unspecified atom stereocenters. The molecule has 112 valence electrons. The molecule has 1 aromatic carbocycles. The summed E-state index contributed by atoms with van der Waals surface area (Å²) in [5, 5.41) is 3.91. The van der Waals surface area contributed by atoms with Crippen LogP contribution in [0.4, 0.5) is 11.4 Å². The molecule has 0 heterocycles. The predicted molar refractivity (Wildman–Crippen MR) is 85.0 cm³/mol. The average molecular weight is 317 g/mol. The van der Waals surface area contributed by atoms with E-state index >= 15 is 0 Å². The van der Waals surface area contributed by atoms with E-state index in [0.717, 1.165) is 11.9 Å². The van der Waals surface area contributed by atoms with Crippen LogP contribution in [0.5, 0.6) is 0 Å². The first-order chi connectivity index (χ1) is 9.35. The van der Waals surface area contributed by atoms with Crippen LogP contribution in [-0.4, -0.2) is 20.7 Å². The molecule has 0 bridgehead atoms. The largest absolute Gasteiger partial charge is 0.382 e. The Kier molecular flexibility index (Phi) is 4.81. The third-order valence-corrected chi connectivity index (χ3v) is 4.63. The van der Waals surface area contributed by atoms with Gasteiger partial charge in [-0.3, -0.25) is 4.72 Å². The fourth-order valence-corrected chi connectivity index (χ4v) is 3.49. The van der Waals surface area contributed by atoms with Gasteiger partial charge < -0.3 is 5.32 Å². The summed E-state index contributed by atoms with van der Waals surface area (Å²) < 4.78 is 24.8. The van der Waals surface area contributed by atoms with Crippen LogP contribution in [0, 0.1) is 5.92 Å². The minimum absolute atomic E-state index is 0.406. The summed E-state index contributed by atoms with van der Waals surface area (Å²) in [5.74, 6) is 0.649. The Bertz CT molecular complexity index is 575. The lowest BCUT2D eigenvalue weighted by molar-refractivity contribution is 0.349. The Labute approximate surface area is 126 Å². The first-order valence-corrected chi connectivity index (χ1v) is 9.16. The molecule has 0 radical (unpaired) electrons. The van der Waals surface area contributed by atoms with E-state index in [4.69, 9.17) is 11.6 Å². The van der Waals surface area contributed by atoms with Gasteiger partial charge in [-0.2, -0.15) is 0 Å². The molecule has 4 nitrogen and oxygen atoms in total. The van der Waals surface area contributed by atoms with E-state index in [9.17, 15) is 8.42 Å². The number of sulfonamides is 1. The quantitative estimate of drug-likeness (QED) is 0.890. The van der Waals surface area contributed by atoms with Crippen LogP contribution in [0.2, 0.25) is 5.02 Å². The standard InChI is InChI=1S/C14H21ClN2O2S/c1-10-5-3-4-6-13(10)16-11-7-8-14(12(15)9-11)17-20(2,18)19/h7-10,13,16-17H,3-6H2,1-2H3. The lowest BCUT2D eigenvalue weighted by Gasteiger charge is -2.30. The number of hydrogen-bond acceptors (Lipinski definition) is 3. The SMILES string of the molecule is CC1CCCCC1Nc1ccc(NS(C)(=O)=O)c(Cl)c1. The molecule has 2 rings (SSSR count). The van der Waals surface area contributed by atoms with Crippen molar-refractivity contribution in [2.24, 2.45) is 5.92 Å². The predicted octanol–water partition coefficient (Wildman–Crippen LogP) is 3.70. The van der Waals surface area contributed by atoms with Gasteiger partial charge >= 0.3 is 0 Å². The molecule has 6 heteroatoms. The fourth-order valence-electron chi connectivity index (χ4n) is 2.63. The van der Waals surface area contributed by atoms with Crippen molar-refractivity contribution in [3.8, 4) is 0 Å². The normalized spacial score (nSPS) is 23.4. The van der Waals surface area contributed by atoms with Crippen LogP contribution in [0.15, 0.2) is 18.2 Å². The van der Waals surface area contributed by atoms with E-state index in [-0.39, 0.29) is 0 Å². The first-order valence-electron chi connectivity index (χ1n) is 6.89. The highest BCUT2D eigenvalue weighted by atomic mass is 35.5. The maximum Gasteiger partial charge on any atom is 0.229 e. The zero-order valence-corrected chi connectivity index (χ0v) is 13.4. The zero-order chi connectivity index (χ0) is 14.8. The number of halogens is 1.